The number of benzene rings is 1. The zero-order valence-electron chi connectivity index (χ0n) is 12.0. The Morgan fingerprint density at radius 2 is 1.90 bits per heavy atom. The van der Waals surface area contributed by atoms with E-state index in [9.17, 15) is 8.42 Å². The Morgan fingerprint density at radius 1 is 1.19 bits per heavy atom. The molecular formula is C15H21ClN2O2S. The van der Waals surface area contributed by atoms with Gasteiger partial charge in [-0.25, -0.2) is 13.1 Å². The van der Waals surface area contributed by atoms with Crippen LogP contribution >= 0.6 is 11.6 Å². The van der Waals surface area contributed by atoms with E-state index in [0.29, 0.717) is 0 Å². The number of rotatable bonds is 5. The van der Waals surface area contributed by atoms with Gasteiger partial charge >= 0.3 is 0 Å². The lowest BCUT2D eigenvalue weighted by molar-refractivity contribution is 0.194. The summed E-state index contributed by atoms with van der Waals surface area (Å²) in [7, 11) is -3.08. The third-order valence-corrected chi connectivity index (χ3v) is 6.38. The third-order valence-electron chi connectivity index (χ3n) is 4.12. The van der Waals surface area contributed by atoms with E-state index in [2.05, 4.69) is 9.62 Å². The Morgan fingerprint density at radius 3 is 2.57 bits per heavy atom. The smallest absolute Gasteiger partial charge is 0.214 e. The van der Waals surface area contributed by atoms with Gasteiger partial charge in [0, 0.05) is 24.2 Å². The van der Waals surface area contributed by atoms with Gasteiger partial charge in [-0.3, -0.25) is 4.90 Å². The van der Waals surface area contributed by atoms with Crippen molar-refractivity contribution in [3.63, 3.8) is 0 Å². The van der Waals surface area contributed by atoms with Crippen LogP contribution in [0.15, 0.2) is 24.3 Å². The first kappa shape index (κ1) is 15.3. The van der Waals surface area contributed by atoms with Crippen LogP contribution in [-0.2, 0) is 16.6 Å². The summed E-state index contributed by atoms with van der Waals surface area (Å²) in [6.07, 6.45) is 3.60. The molecule has 3 rings (SSSR count). The van der Waals surface area contributed by atoms with Crippen molar-refractivity contribution in [3.05, 3.63) is 34.9 Å². The monoisotopic (exact) mass is 328 g/mol. The highest BCUT2D eigenvalue weighted by Crippen LogP contribution is 2.28. The van der Waals surface area contributed by atoms with E-state index in [0.717, 1.165) is 50.3 Å². The van der Waals surface area contributed by atoms with E-state index >= 15 is 0 Å². The molecule has 1 aromatic rings. The summed E-state index contributed by atoms with van der Waals surface area (Å²) in [5.74, 6) is 0. The van der Waals surface area contributed by atoms with Gasteiger partial charge in [-0.05, 0) is 49.9 Å². The highest BCUT2D eigenvalue weighted by Gasteiger charge is 2.37. The topological polar surface area (TPSA) is 49.4 Å². The molecule has 0 amide bonds. The number of nitrogens with zero attached hydrogens (tertiary/aromatic N) is 1. The second kappa shape index (κ2) is 6.24. The molecular weight excluding hydrogens is 308 g/mol. The van der Waals surface area contributed by atoms with Gasteiger partial charge < -0.3 is 0 Å². The SMILES string of the molecule is O=S(=O)(N[C@@H]1CCCN(Cc2ccc(Cl)cc2)C1)C1CC1. The average molecular weight is 329 g/mol. The van der Waals surface area contributed by atoms with Gasteiger partial charge in [-0.2, -0.15) is 0 Å². The van der Waals surface area contributed by atoms with Crippen LogP contribution < -0.4 is 4.72 Å². The highest BCUT2D eigenvalue weighted by atomic mass is 35.5. The van der Waals surface area contributed by atoms with E-state index < -0.39 is 10.0 Å². The van der Waals surface area contributed by atoms with Crippen LogP contribution in [0.25, 0.3) is 0 Å². The summed E-state index contributed by atoms with van der Waals surface area (Å²) in [6.45, 7) is 2.65. The average Bonchev–Trinajstić information content (AvgIpc) is 3.26. The van der Waals surface area contributed by atoms with Gasteiger partial charge in [-0.15, -0.1) is 0 Å². The van der Waals surface area contributed by atoms with Crippen LogP contribution in [0, 0.1) is 0 Å². The molecule has 0 spiro atoms. The summed E-state index contributed by atoms with van der Waals surface area (Å²) in [5, 5.41) is 0.608. The maximum Gasteiger partial charge on any atom is 0.214 e. The van der Waals surface area contributed by atoms with Crippen LogP contribution in [0.1, 0.15) is 31.2 Å². The molecule has 1 atom stereocenters. The molecule has 1 heterocycles. The maximum absolute atomic E-state index is 12.0. The first-order valence-corrected chi connectivity index (χ1v) is 9.43. The van der Waals surface area contributed by atoms with Crippen LogP contribution in [0.2, 0.25) is 5.02 Å². The van der Waals surface area contributed by atoms with Gasteiger partial charge in [-0.1, -0.05) is 23.7 Å². The van der Waals surface area contributed by atoms with Gasteiger partial charge in [0.05, 0.1) is 5.25 Å². The minimum Gasteiger partial charge on any atom is -0.298 e. The summed E-state index contributed by atoms with van der Waals surface area (Å²) >= 11 is 5.90. The van der Waals surface area contributed by atoms with Crippen molar-refractivity contribution in [1.82, 2.24) is 9.62 Å². The molecule has 116 valence electrons. The molecule has 0 aromatic heterocycles. The first-order valence-electron chi connectivity index (χ1n) is 7.51. The molecule has 0 unspecified atom stereocenters. The third kappa shape index (κ3) is 4.19. The van der Waals surface area contributed by atoms with E-state index in [1.807, 2.05) is 24.3 Å². The molecule has 1 aliphatic carbocycles. The van der Waals surface area contributed by atoms with Crippen LogP contribution in [-0.4, -0.2) is 37.7 Å². The van der Waals surface area contributed by atoms with Gasteiger partial charge in [0.15, 0.2) is 0 Å². The number of likely N-dealkylation sites (tertiary alicyclic amines) is 1. The molecule has 1 saturated carbocycles. The second-order valence-corrected chi connectivity index (χ2v) is 8.49. The minimum atomic E-state index is -3.08. The Bertz CT molecular complexity index is 584. The van der Waals surface area contributed by atoms with Gasteiger partial charge in [0.25, 0.3) is 0 Å². The number of halogens is 1. The zero-order valence-corrected chi connectivity index (χ0v) is 13.5. The fourth-order valence-corrected chi connectivity index (χ4v) is 4.58. The zero-order chi connectivity index (χ0) is 14.9. The Labute approximate surface area is 131 Å². The number of nitrogens with one attached hydrogen (secondary N) is 1. The van der Waals surface area contributed by atoms with Crippen molar-refractivity contribution in [3.8, 4) is 0 Å². The summed E-state index contributed by atoms with van der Waals surface area (Å²) in [6, 6.07) is 7.90. The lowest BCUT2D eigenvalue weighted by Gasteiger charge is -2.33. The molecule has 2 aliphatic rings. The Balaban J connectivity index is 1.56. The largest absolute Gasteiger partial charge is 0.298 e. The first-order chi connectivity index (χ1) is 10.0. The van der Waals surface area contributed by atoms with E-state index in [1.54, 1.807) is 0 Å². The highest BCUT2D eigenvalue weighted by molar-refractivity contribution is 7.90. The summed E-state index contributed by atoms with van der Waals surface area (Å²) < 4.78 is 26.9. The molecule has 4 nitrogen and oxygen atoms in total. The molecule has 0 radical (unpaired) electrons. The van der Waals surface area contributed by atoms with Crippen LogP contribution in [0.4, 0.5) is 0 Å². The van der Waals surface area contributed by atoms with Crippen LogP contribution in [0.3, 0.4) is 0 Å². The number of sulfonamides is 1. The predicted molar refractivity (Wildman–Crippen MR) is 84.8 cm³/mol. The van der Waals surface area contributed by atoms with Crippen molar-refractivity contribution in [2.45, 2.75) is 43.5 Å². The predicted octanol–water partition coefficient (Wildman–Crippen LogP) is 2.39. The molecule has 21 heavy (non-hydrogen) atoms. The van der Waals surface area contributed by atoms with Crippen molar-refractivity contribution in [1.29, 1.82) is 0 Å². The summed E-state index contributed by atoms with van der Waals surface area (Å²) in [4.78, 5) is 2.31. The van der Waals surface area contributed by atoms with E-state index in [4.69, 9.17) is 11.6 Å². The lowest BCUT2D eigenvalue weighted by Crippen LogP contribution is -2.48. The Hall–Kier alpha value is -0.620. The van der Waals surface area contributed by atoms with E-state index in [-0.39, 0.29) is 11.3 Å². The lowest BCUT2D eigenvalue weighted by atomic mass is 10.1. The van der Waals surface area contributed by atoms with Crippen molar-refractivity contribution in [2.75, 3.05) is 13.1 Å². The van der Waals surface area contributed by atoms with Crippen LogP contribution in [0.5, 0.6) is 0 Å². The quantitative estimate of drug-likeness (QED) is 0.903. The fraction of sp³-hybridized carbons (Fsp3) is 0.600. The Kier molecular flexibility index (Phi) is 4.54. The van der Waals surface area contributed by atoms with Crippen molar-refractivity contribution < 1.29 is 8.42 Å². The normalized spacial score (nSPS) is 24.1. The maximum atomic E-state index is 12.0. The number of hydrogen-bond donors (Lipinski definition) is 1. The molecule has 1 saturated heterocycles. The fourth-order valence-electron chi connectivity index (χ4n) is 2.85. The molecule has 1 aliphatic heterocycles. The molecule has 1 N–H and O–H groups in total. The second-order valence-electron chi connectivity index (χ2n) is 6.06. The standard InChI is InChI=1S/C15H21ClN2O2S/c16-13-5-3-12(4-6-13)10-18-9-1-2-14(11-18)17-21(19,20)15-7-8-15/h3-6,14-15,17H,1-2,7-11H2/t14-/m1/s1. The van der Waals surface area contributed by atoms with Crippen molar-refractivity contribution >= 4 is 21.6 Å². The van der Waals surface area contributed by atoms with Gasteiger partial charge in [0.1, 0.15) is 0 Å². The molecule has 0 bridgehead atoms. The molecule has 1 aromatic carbocycles. The molecule has 2 fully saturated rings. The number of piperidine rings is 1. The molecule has 6 heteroatoms. The summed E-state index contributed by atoms with van der Waals surface area (Å²) in [5.41, 5.74) is 1.21. The van der Waals surface area contributed by atoms with Gasteiger partial charge in [0.2, 0.25) is 10.0 Å². The van der Waals surface area contributed by atoms with Crippen molar-refractivity contribution in [2.24, 2.45) is 0 Å². The number of hydrogen-bond acceptors (Lipinski definition) is 3. The minimum absolute atomic E-state index is 0.0525. The van der Waals surface area contributed by atoms with E-state index in [1.165, 1.54) is 5.56 Å².